The van der Waals surface area contributed by atoms with Gasteiger partial charge in [0.1, 0.15) is 12.1 Å². The van der Waals surface area contributed by atoms with Crippen molar-refractivity contribution < 1.29 is 9.53 Å². The highest BCUT2D eigenvalue weighted by atomic mass is 32.1. The molecule has 144 valence electrons. The van der Waals surface area contributed by atoms with Gasteiger partial charge < -0.3 is 14.5 Å². The number of thiophene rings is 1. The molecule has 6 nitrogen and oxygen atoms in total. The lowest BCUT2D eigenvalue weighted by molar-refractivity contribution is -0.140. The summed E-state index contributed by atoms with van der Waals surface area (Å²) in [7, 11) is 0. The number of hydrogen-bond acceptors (Lipinski definition) is 6. The van der Waals surface area contributed by atoms with Crippen molar-refractivity contribution in [2.45, 2.75) is 44.6 Å². The van der Waals surface area contributed by atoms with Crippen molar-refractivity contribution in [3.8, 4) is 0 Å². The van der Waals surface area contributed by atoms with Gasteiger partial charge in [-0.2, -0.15) is 0 Å². The highest BCUT2D eigenvalue weighted by Crippen LogP contribution is 2.42. The van der Waals surface area contributed by atoms with E-state index in [1.165, 1.54) is 4.70 Å². The number of carbonyl (C=O) groups excluding carboxylic acids is 1. The predicted octanol–water partition coefficient (Wildman–Crippen LogP) is 3.08. The molecule has 5 rings (SSSR count). The van der Waals surface area contributed by atoms with Crippen molar-refractivity contribution in [3.05, 3.63) is 17.8 Å². The molecule has 3 aliphatic rings. The number of fused-ring (bicyclic) bond motifs is 1. The van der Waals surface area contributed by atoms with Crippen LogP contribution >= 0.6 is 11.3 Å². The number of aromatic nitrogens is 2. The molecule has 3 aliphatic heterocycles. The van der Waals surface area contributed by atoms with Crippen molar-refractivity contribution in [2.75, 3.05) is 37.7 Å². The normalized spacial score (nSPS) is 25.6. The minimum Gasteiger partial charge on any atom is -0.376 e. The molecular weight excluding hydrogens is 360 g/mol. The van der Waals surface area contributed by atoms with Crippen molar-refractivity contribution in [3.63, 3.8) is 0 Å². The van der Waals surface area contributed by atoms with Crippen molar-refractivity contribution in [1.82, 2.24) is 14.9 Å². The van der Waals surface area contributed by atoms with Crippen molar-refractivity contribution >= 4 is 33.3 Å². The Balaban J connectivity index is 1.27. The van der Waals surface area contributed by atoms with Gasteiger partial charge in [0.25, 0.3) is 0 Å². The molecule has 5 heterocycles. The molecule has 2 aromatic heterocycles. The Kier molecular flexibility index (Phi) is 4.52. The number of anilines is 1. The average molecular weight is 387 g/mol. The van der Waals surface area contributed by atoms with Gasteiger partial charge >= 0.3 is 0 Å². The van der Waals surface area contributed by atoms with E-state index < -0.39 is 0 Å². The summed E-state index contributed by atoms with van der Waals surface area (Å²) in [4.78, 5) is 25.9. The molecule has 3 saturated heterocycles. The third-order valence-corrected chi connectivity index (χ3v) is 7.44. The van der Waals surface area contributed by atoms with Crippen LogP contribution in [0.5, 0.6) is 0 Å². The molecule has 0 N–H and O–H groups in total. The Bertz CT molecular complexity index is 824. The first-order chi connectivity index (χ1) is 13.2. The van der Waals surface area contributed by atoms with Gasteiger partial charge in [0.2, 0.25) is 5.91 Å². The zero-order chi connectivity index (χ0) is 18.3. The van der Waals surface area contributed by atoms with Crippen LogP contribution in [0.1, 0.15) is 38.5 Å². The summed E-state index contributed by atoms with van der Waals surface area (Å²) in [6, 6.07) is 2.06. The molecule has 0 bridgehead atoms. The SMILES string of the molecule is O=C1CCC2(CCN(c3ncnc4ccsc34)CC2)CN1C[C@@H]1CCCO1. The summed E-state index contributed by atoms with van der Waals surface area (Å²) in [5.74, 6) is 1.39. The Hall–Kier alpha value is -1.73. The van der Waals surface area contributed by atoms with Crippen molar-refractivity contribution in [2.24, 2.45) is 5.41 Å². The molecule has 27 heavy (non-hydrogen) atoms. The Morgan fingerprint density at radius 3 is 2.96 bits per heavy atom. The van der Waals surface area contributed by atoms with Crippen LogP contribution in [0.15, 0.2) is 17.8 Å². The quantitative estimate of drug-likeness (QED) is 0.811. The van der Waals surface area contributed by atoms with Gasteiger partial charge in [-0.1, -0.05) is 0 Å². The van der Waals surface area contributed by atoms with Crippen LogP contribution in [-0.4, -0.2) is 59.7 Å². The minimum atomic E-state index is 0.248. The van der Waals surface area contributed by atoms with E-state index in [0.717, 1.165) is 76.2 Å². The van der Waals surface area contributed by atoms with Gasteiger partial charge in [0.05, 0.1) is 16.3 Å². The molecule has 0 unspecified atom stereocenters. The number of carbonyl (C=O) groups is 1. The van der Waals surface area contributed by atoms with E-state index in [9.17, 15) is 4.79 Å². The third-order valence-electron chi connectivity index (χ3n) is 6.54. The molecule has 0 aromatic carbocycles. The lowest BCUT2D eigenvalue weighted by atomic mass is 9.72. The van der Waals surface area contributed by atoms with E-state index in [-0.39, 0.29) is 11.5 Å². The maximum Gasteiger partial charge on any atom is 0.222 e. The Morgan fingerprint density at radius 2 is 2.15 bits per heavy atom. The lowest BCUT2D eigenvalue weighted by Gasteiger charge is -2.48. The van der Waals surface area contributed by atoms with Gasteiger partial charge in [0.15, 0.2) is 0 Å². The van der Waals surface area contributed by atoms with Crippen LogP contribution in [-0.2, 0) is 9.53 Å². The maximum atomic E-state index is 12.5. The Morgan fingerprint density at radius 1 is 1.26 bits per heavy atom. The fourth-order valence-corrected chi connectivity index (χ4v) is 5.77. The molecule has 2 aromatic rings. The van der Waals surface area contributed by atoms with Crippen LogP contribution < -0.4 is 4.90 Å². The second kappa shape index (κ2) is 7.02. The zero-order valence-electron chi connectivity index (χ0n) is 15.6. The molecule has 0 aliphatic carbocycles. The van der Waals surface area contributed by atoms with Crippen molar-refractivity contribution in [1.29, 1.82) is 0 Å². The fourth-order valence-electron chi connectivity index (χ4n) is 4.90. The minimum absolute atomic E-state index is 0.248. The molecule has 1 atom stereocenters. The van der Waals surface area contributed by atoms with E-state index in [0.29, 0.717) is 12.3 Å². The highest BCUT2D eigenvalue weighted by Gasteiger charge is 2.42. The van der Waals surface area contributed by atoms with Gasteiger partial charge in [0, 0.05) is 39.2 Å². The topological polar surface area (TPSA) is 58.6 Å². The van der Waals surface area contributed by atoms with E-state index in [1.54, 1.807) is 17.7 Å². The van der Waals surface area contributed by atoms with E-state index in [1.807, 2.05) is 0 Å². The Labute approximate surface area is 163 Å². The van der Waals surface area contributed by atoms with Crippen LogP contribution in [0.2, 0.25) is 0 Å². The largest absolute Gasteiger partial charge is 0.376 e. The lowest BCUT2D eigenvalue weighted by Crippen LogP contribution is -2.53. The molecule has 0 saturated carbocycles. The number of piperidine rings is 2. The van der Waals surface area contributed by atoms with Crippen LogP contribution in [0.3, 0.4) is 0 Å². The maximum absolute atomic E-state index is 12.5. The van der Waals surface area contributed by atoms with Gasteiger partial charge in [-0.25, -0.2) is 9.97 Å². The number of nitrogens with zero attached hydrogens (tertiary/aromatic N) is 4. The highest BCUT2D eigenvalue weighted by molar-refractivity contribution is 7.17. The first kappa shape index (κ1) is 17.4. The molecule has 7 heteroatoms. The summed E-state index contributed by atoms with van der Waals surface area (Å²) in [6.45, 7) is 4.55. The summed E-state index contributed by atoms with van der Waals surface area (Å²) in [5, 5.41) is 2.09. The number of amides is 1. The van der Waals surface area contributed by atoms with Crippen LogP contribution in [0, 0.1) is 5.41 Å². The molecule has 1 spiro atoms. The average Bonchev–Trinajstić information content (AvgIpc) is 3.37. The number of likely N-dealkylation sites (tertiary alicyclic amines) is 1. The zero-order valence-corrected chi connectivity index (χ0v) is 16.4. The van der Waals surface area contributed by atoms with Crippen LogP contribution in [0.25, 0.3) is 10.2 Å². The standard InChI is InChI=1S/C20H26N4O2S/c25-17-3-5-20(13-24(17)12-15-2-1-10-26-15)6-8-23(9-7-20)19-18-16(4-11-27-18)21-14-22-19/h4,11,14-15H,1-3,5-10,12-13H2/t15-/m0/s1. The number of rotatable bonds is 3. The monoisotopic (exact) mass is 386 g/mol. The smallest absolute Gasteiger partial charge is 0.222 e. The summed E-state index contributed by atoms with van der Waals surface area (Å²) in [6.07, 6.45) is 8.11. The molecular formula is C20H26N4O2S. The van der Waals surface area contributed by atoms with E-state index >= 15 is 0 Å². The van der Waals surface area contributed by atoms with E-state index in [2.05, 4.69) is 31.2 Å². The molecule has 0 radical (unpaired) electrons. The van der Waals surface area contributed by atoms with Crippen LogP contribution in [0.4, 0.5) is 5.82 Å². The fraction of sp³-hybridized carbons (Fsp3) is 0.650. The first-order valence-corrected chi connectivity index (χ1v) is 10.9. The summed E-state index contributed by atoms with van der Waals surface area (Å²) < 4.78 is 6.96. The summed E-state index contributed by atoms with van der Waals surface area (Å²) in [5.41, 5.74) is 1.31. The third kappa shape index (κ3) is 3.31. The summed E-state index contributed by atoms with van der Waals surface area (Å²) >= 11 is 1.72. The second-order valence-corrected chi connectivity index (χ2v) is 9.14. The molecule has 1 amide bonds. The van der Waals surface area contributed by atoms with Gasteiger partial charge in [-0.05, 0) is 49.0 Å². The van der Waals surface area contributed by atoms with Gasteiger partial charge in [-0.3, -0.25) is 4.79 Å². The number of hydrogen-bond donors (Lipinski definition) is 0. The first-order valence-electron chi connectivity index (χ1n) is 10.1. The second-order valence-electron chi connectivity index (χ2n) is 8.23. The molecule has 3 fully saturated rings. The van der Waals surface area contributed by atoms with E-state index in [4.69, 9.17) is 4.74 Å². The van der Waals surface area contributed by atoms with Gasteiger partial charge in [-0.15, -0.1) is 11.3 Å². The predicted molar refractivity (Wildman–Crippen MR) is 106 cm³/mol. The number of ether oxygens (including phenoxy) is 1.